The minimum absolute atomic E-state index is 0.00499. The Labute approximate surface area is 663 Å². The van der Waals surface area contributed by atoms with Gasteiger partial charge in [0, 0.05) is 38.8 Å². The number of carbonyl (C=O) groups is 16. The number of nitrogens with one attached hydrogen (secondary N) is 11. The van der Waals surface area contributed by atoms with E-state index >= 15 is 0 Å². The van der Waals surface area contributed by atoms with E-state index in [1.807, 2.05) is 0 Å². The molecular weight excluding hydrogens is 1480 g/mol. The highest BCUT2D eigenvalue weighted by Crippen LogP contribution is 2.25. The molecule has 0 aliphatic carbocycles. The second-order valence-electron chi connectivity index (χ2n) is 30.4. The minimum Gasteiger partial charge on any atom is -0.508 e. The number of carbonyl (C=O) groups excluding carboxylic acids is 14. The molecule has 0 bridgehead atoms. The van der Waals surface area contributed by atoms with Crippen LogP contribution in [0.5, 0.6) is 11.5 Å². The van der Waals surface area contributed by atoms with Crippen LogP contribution in [0.2, 0.25) is 0 Å². The van der Waals surface area contributed by atoms with E-state index in [1.165, 1.54) is 58.3 Å². The van der Waals surface area contributed by atoms with Crippen molar-refractivity contribution in [3.8, 4) is 11.5 Å². The van der Waals surface area contributed by atoms with Crippen LogP contribution in [0.25, 0.3) is 0 Å². The average Bonchev–Trinajstić information content (AvgIpc) is 1.73. The fourth-order valence-electron chi connectivity index (χ4n) is 13.8. The third-order valence-electron chi connectivity index (χ3n) is 20.2. The summed E-state index contributed by atoms with van der Waals surface area (Å²) in [7, 11) is 0. The Morgan fingerprint density at radius 3 is 1.36 bits per heavy atom. The lowest BCUT2D eigenvalue weighted by Crippen LogP contribution is -2.61. The van der Waals surface area contributed by atoms with Crippen molar-refractivity contribution in [1.82, 2.24) is 68.3 Å². The van der Waals surface area contributed by atoms with E-state index < -0.39 is 192 Å². The molecule has 14 atom stereocenters. The maximum Gasteiger partial charge on any atom is 0.326 e. The molecule has 0 saturated carbocycles. The number of unbranched alkanes of at least 4 members (excludes halogenated alkanes) is 3. The smallest absolute Gasteiger partial charge is 0.326 e. The minimum atomic E-state index is -1.90. The molecule has 3 heterocycles. The lowest BCUT2D eigenvalue weighted by Gasteiger charge is -2.32. The van der Waals surface area contributed by atoms with Crippen LogP contribution in [0.4, 0.5) is 0 Å². The van der Waals surface area contributed by atoms with Crippen LogP contribution in [0.1, 0.15) is 181 Å². The number of nitrogens with zero attached hydrogens (tertiary/aromatic N) is 2. The third kappa shape index (κ3) is 30.4. The number of phenols is 2. The van der Waals surface area contributed by atoms with E-state index in [0.29, 0.717) is 56.2 Å². The Bertz CT molecular complexity index is 3640. The standard InChI is InChI=1S/C77H119N17O20/c1-7-44(6)64(74(110)91-58(77(113)114)38-43(4)5)92-71(107)56(40-46-21-25-48(96)26-22-46)90-73(109)60-18-14-36-94(60)76(112)53(31-34-80)86-65(101)49(15-9-8-11-32-78)84-72(108)59-17-13-35-93(59)75(111)52(16-10-12-33-79)85-70(106)57(41-61(81)97)89-67(103)51(28-30-63(99)100)83-69(105)55(39-45-19-23-47(95)24-20-45)88-68(104)54(37-42(2)3)87-66(102)50-27-29-62(98)82-50/h19-26,42-44,49-60,64,95-96H,7-18,27-41,78-80H2,1-6H3,(H2,81,97)(H,82,98)(H,83,105)(H,84,108)(H,85,106)(H,86,101)(H,87,102)(H,88,104)(H,89,103)(H,90,109)(H,91,110)(H,92,107)(H,99,100)(H,113,114)/t44-,49-,50-,51-,52-,53-,54-,55-,56-,57-,58-,59-,60-,64-/m0/s1. The van der Waals surface area contributed by atoms with Gasteiger partial charge in [0.2, 0.25) is 82.7 Å². The lowest BCUT2D eigenvalue weighted by atomic mass is 9.96. The average molecular weight is 1600 g/mol. The van der Waals surface area contributed by atoms with Crippen molar-refractivity contribution in [3.05, 3.63) is 59.7 Å². The van der Waals surface area contributed by atoms with Gasteiger partial charge in [-0.3, -0.25) is 71.9 Å². The fourth-order valence-corrected chi connectivity index (χ4v) is 13.8. The topological polar surface area (TPSA) is 597 Å². The van der Waals surface area contributed by atoms with Gasteiger partial charge in [-0.15, -0.1) is 0 Å². The van der Waals surface area contributed by atoms with E-state index in [9.17, 15) is 97.1 Å². The van der Waals surface area contributed by atoms with Crippen LogP contribution in [0, 0.1) is 17.8 Å². The molecule has 14 amide bonds. The first-order valence-corrected chi connectivity index (χ1v) is 39.4. The fraction of sp³-hybridized carbons (Fsp3) is 0.636. The maximum absolute atomic E-state index is 15.0. The zero-order valence-corrected chi connectivity index (χ0v) is 66.0. The first-order chi connectivity index (χ1) is 54.1. The summed E-state index contributed by atoms with van der Waals surface area (Å²) in [4.78, 5) is 225. The number of amides is 14. The van der Waals surface area contributed by atoms with Crippen LogP contribution in [0.3, 0.4) is 0 Å². The van der Waals surface area contributed by atoms with Gasteiger partial charge >= 0.3 is 11.9 Å². The van der Waals surface area contributed by atoms with E-state index in [-0.39, 0.29) is 139 Å². The van der Waals surface area contributed by atoms with Gasteiger partial charge in [-0.05, 0) is 163 Å². The van der Waals surface area contributed by atoms with E-state index in [4.69, 9.17) is 22.9 Å². The Morgan fingerprint density at radius 1 is 0.465 bits per heavy atom. The molecule has 3 saturated heterocycles. The normalized spacial score (nSPS) is 18.2. The number of carboxylic acid groups (broad SMARTS) is 2. The SMILES string of the molecule is CC[C@H](C)[C@H](NC(=O)[C@H](Cc1ccc(O)cc1)NC(=O)[C@@H]1CCCN1C(=O)[C@H](CCN)NC(=O)[C@H](CCCCCN)NC(=O)[C@@H]1CCCN1C(=O)[C@H](CCCCN)NC(=O)[C@H](CC(N)=O)NC(=O)[C@H](CCC(=O)O)NC(=O)[C@H](Cc1ccc(O)cc1)NC(=O)[C@H](CC(C)C)NC(=O)[C@@H]1CCC(=O)N1)C(=O)N[C@@H](CC(C)C)C(=O)O. The van der Waals surface area contributed by atoms with E-state index in [2.05, 4.69) is 58.5 Å². The van der Waals surface area contributed by atoms with Gasteiger partial charge in [-0.1, -0.05) is 85.1 Å². The van der Waals surface area contributed by atoms with Crippen molar-refractivity contribution in [3.63, 3.8) is 0 Å². The van der Waals surface area contributed by atoms with E-state index in [0.717, 1.165) is 0 Å². The second kappa shape index (κ2) is 47.2. The Morgan fingerprint density at radius 2 is 0.877 bits per heavy atom. The molecule has 3 fully saturated rings. The van der Waals surface area contributed by atoms with Crippen molar-refractivity contribution in [1.29, 1.82) is 0 Å². The van der Waals surface area contributed by atoms with Crippen molar-refractivity contribution in [2.75, 3.05) is 32.7 Å². The highest BCUT2D eigenvalue weighted by molar-refractivity contribution is 6.01. The van der Waals surface area contributed by atoms with Gasteiger partial charge in [-0.2, -0.15) is 0 Å². The highest BCUT2D eigenvalue weighted by Gasteiger charge is 2.44. The Kier molecular flexibility index (Phi) is 38.9. The van der Waals surface area contributed by atoms with Crippen LogP contribution in [-0.4, -0.2) is 236 Å². The van der Waals surface area contributed by atoms with Gasteiger partial charge in [-0.25, -0.2) is 4.79 Å². The molecule has 0 radical (unpaired) electrons. The number of nitrogens with two attached hydrogens (primary N) is 4. The quantitative estimate of drug-likeness (QED) is 0.0317. The molecule has 0 unspecified atom stereocenters. The van der Waals surface area contributed by atoms with Crippen molar-refractivity contribution in [2.45, 2.75) is 261 Å². The molecule has 23 N–H and O–H groups in total. The number of hydrogen-bond donors (Lipinski definition) is 19. The predicted molar refractivity (Wildman–Crippen MR) is 414 cm³/mol. The van der Waals surface area contributed by atoms with Crippen LogP contribution in [0.15, 0.2) is 48.5 Å². The number of carboxylic acids is 2. The summed E-state index contributed by atoms with van der Waals surface area (Å²) in [5.74, 6) is -15.6. The number of aromatic hydroxyl groups is 2. The zero-order chi connectivity index (χ0) is 84.5. The van der Waals surface area contributed by atoms with Crippen LogP contribution >= 0.6 is 0 Å². The molecule has 37 nitrogen and oxygen atoms in total. The summed E-state index contributed by atoms with van der Waals surface area (Å²) >= 11 is 0. The summed E-state index contributed by atoms with van der Waals surface area (Å²) in [6.45, 7) is 10.9. The van der Waals surface area contributed by atoms with E-state index in [1.54, 1.807) is 41.5 Å². The van der Waals surface area contributed by atoms with Crippen molar-refractivity contribution >= 4 is 94.6 Å². The molecule has 5 rings (SSSR count). The molecule has 3 aliphatic rings. The molecule has 0 spiro atoms. The van der Waals surface area contributed by atoms with Gasteiger partial charge in [0.05, 0.1) is 6.42 Å². The first kappa shape index (κ1) is 94.0. The number of likely N-dealkylation sites (tertiary alicyclic amines) is 2. The van der Waals surface area contributed by atoms with Crippen molar-refractivity contribution < 1.29 is 97.1 Å². The lowest BCUT2D eigenvalue weighted by molar-refractivity contribution is -0.144. The third-order valence-corrected chi connectivity index (χ3v) is 20.2. The largest absolute Gasteiger partial charge is 0.508 e. The maximum atomic E-state index is 15.0. The van der Waals surface area contributed by atoms with Gasteiger partial charge in [0.1, 0.15) is 90.0 Å². The summed E-state index contributed by atoms with van der Waals surface area (Å²) in [6, 6.07) is -6.71. The summed E-state index contributed by atoms with van der Waals surface area (Å²) in [5, 5.41) is 68.7. The van der Waals surface area contributed by atoms with Crippen LogP contribution < -0.4 is 81.4 Å². The van der Waals surface area contributed by atoms with Gasteiger partial charge in [0.15, 0.2) is 0 Å². The monoisotopic (exact) mass is 1600 g/mol. The van der Waals surface area contributed by atoms with Crippen molar-refractivity contribution in [2.24, 2.45) is 40.7 Å². The number of hydrogen-bond acceptors (Lipinski definition) is 21. The van der Waals surface area contributed by atoms with Gasteiger partial charge in [0.25, 0.3) is 0 Å². The Balaban J connectivity index is 1.36. The molecule has 632 valence electrons. The summed E-state index contributed by atoms with van der Waals surface area (Å²) < 4.78 is 0. The molecule has 37 heteroatoms. The number of primary amides is 1. The summed E-state index contributed by atoms with van der Waals surface area (Å²) in [6.07, 6.45) is 0.485. The highest BCUT2D eigenvalue weighted by atomic mass is 16.4. The predicted octanol–water partition coefficient (Wildman–Crippen LogP) is -2.05. The molecule has 114 heavy (non-hydrogen) atoms. The number of aliphatic carboxylic acids is 2. The first-order valence-electron chi connectivity index (χ1n) is 39.4. The van der Waals surface area contributed by atoms with Crippen LogP contribution in [-0.2, 0) is 89.6 Å². The molecule has 0 aromatic heterocycles. The molecule has 2 aromatic rings. The molecule has 3 aliphatic heterocycles. The number of rotatable bonds is 49. The molecule has 2 aromatic carbocycles. The summed E-state index contributed by atoms with van der Waals surface area (Å²) in [5.41, 5.74) is 24.3. The Hall–Kier alpha value is -10.6. The molecular formula is C77H119N17O20. The number of benzene rings is 2. The zero-order valence-electron chi connectivity index (χ0n) is 66.0. The number of phenolic OH excluding ortho intramolecular Hbond substituents is 2. The second-order valence-corrected chi connectivity index (χ2v) is 30.4. The van der Waals surface area contributed by atoms with Gasteiger partial charge < -0.3 is 112 Å².